The molecule has 65 heavy (non-hydrogen) atoms. The first kappa shape index (κ1) is 63.1. The molecule has 0 saturated carbocycles. The van der Waals surface area contributed by atoms with Crippen molar-refractivity contribution in [3.8, 4) is 0 Å². The lowest BCUT2D eigenvalue weighted by atomic mass is 10.0. The number of esters is 1. The van der Waals surface area contributed by atoms with Crippen molar-refractivity contribution in [2.24, 2.45) is 0 Å². The standard InChI is InChI=1S/C59H111NO5/c1-3-5-7-9-11-13-15-16-17-18-19-22-25-28-32-35-39-43-47-51-57(62)56(55-61)60-58(63)52-48-44-40-36-33-29-26-23-20-21-24-27-30-34-38-42-46-50-54-65-59(64)53-49-45-41-37-31-14-12-10-8-6-4-2/h10,12,23,26,47,51,56-57,61-62H,3-9,11,13-22,24-25,27-46,48-50,52-55H2,1-2H3,(H,60,63)/b12-10-,26-23-,51-47+. The van der Waals surface area contributed by atoms with Gasteiger partial charge in [-0.1, -0.05) is 249 Å². The van der Waals surface area contributed by atoms with Crippen molar-refractivity contribution in [3.63, 3.8) is 0 Å². The fourth-order valence-corrected chi connectivity index (χ4v) is 8.67. The number of hydrogen-bond acceptors (Lipinski definition) is 5. The van der Waals surface area contributed by atoms with Crippen LogP contribution in [0.15, 0.2) is 36.5 Å². The third-order valence-electron chi connectivity index (χ3n) is 13.1. The Bertz CT molecular complexity index is 1060. The van der Waals surface area contributed by atoms with Crippen LogP contribution in [0.3, 0.4) is 0 Å². The number of carbonyl (C=O) groups excluding carboxylic acids is 2. The molecule has 0 fully saturated rings. The number of amides is 1. The van der Waals surface area contributed by atoms with Crippen molar-refractivity contribution < 1.29 is 24.5 Å². The third kappa shape index (κ3) is 51.3. The van der Waals surface area contributed by atoms with Gasteiger partial charge in [-0.3, -0.25) is 9.59 Å². The molecule has 2 atom stereocenters. The van der Waals surface area contributed by atoms with E-state index in [1.807, 2.05) is 6.08 Å². The predicted molar refractivity (Wildman–Crippen MR) is 283 cm³/mol. The summed E-state index contributed by atoms with van der Waals surface area (Å²) in [5.74, 6) is -0.0902. The van der Waals surface area contributed by atoms with Crippen LogP contribution in [0, 0.1) is 0 Å². The number of aliphatic hydroxyl groups is 2. The third-order valence-corrected chi connectivity index (χ3v) is 13.1. The monoisotopic (exact) mass is 914 g/mol. The summed E-state index contributed by atoms with van der Waals surface area (Å²) >= 11 is 0. The van der Waals surface area contributed by atoms with E-state index >= 15 is 0 Å². The Balaban J connectivity index is 3.50. The van der Waals surface area contributed by atoms with Gasteiger partial charge in [0.15, 0.2) is 0 Å². The van der Waals surface area contributed by atoms with Crippen molar-refractivity contribution in [2.75, 3.05) is 13.2 Å². The second kappa shape index (κ2) is 54.7. The van der Waals surface area contributed by atoms with Gasteiger partial charge in [0.1, 0.15) is 0 Å². The zero-order valence-corrected chi connectivity index (χ0v) is 43.5. The first-order valence-electron chi connectivity index (χ1n) is 28.8. The Morgan fingerprint density at radius 1 is 0.415 bits per heavy atom. The van der Waals surface area contributed by atoms with E-state index in [-0.39, 0.29) is 18.5 Å². The predicted octanol–water partition coefficient (Wildman–Crippen LogP) is 17.6. The van der Waals surface area contributed by atoms with E-state index in [2.05, 4.69) is 43.5 Å². The van der Waals surface area contributed by atoms with Crippen molar-refractivity contribution in [2.45, 2.75) is 315 Å². The normalized spacial score (nSPS) is 12.9. The Morgan fingerprint density at radius 2 is 0.738 bits per heavy atom. The van der Waals surface area contributed by atoms with Gasteiger partial charge in [-0.05, 0) is 77.0 Å². The highest BCUT2D eigenvalue weighted by molar-refractivity contribution is 5.76. The molecule has 0 aliphatic carbocycles. The highest BCUT2D eigenvalue weighted by Gasteiger charge is 2.18. The van der Waals surface area contributed by atoms with Gasteiger partial charge in [-0.25, -0.2) is 0 Å². The molecule has 0 spiro atoms. The lowest BCUT2D eigenvalue weighted by molar-refractivity contribution is -0.143. The summed E-state index contributed by atoms with van der Waals surface area (Å²) in [7, 11) is 0. The Kier molecular flexibility index (Phi) is 53.1. The average molecular weight is 915 g/mol. The maximum absolute atomic E-state index is 12.5. The van der Waals surface area contributed by atoms with Crippen molar-refractivity contribution in [3.05, 3.63) is 36.5 Å². The summed E-state index contributed by atoms with van der Waals surface area (Å²) in [6.45, 7) is 4.86. The van der Waals surface area contributed by atoms with Gasteiger partial charge in [0.2, 0.25) is 5.91 Å². The number of allylic oxidation sites excluding steroid dienone is 5. The topological polar surface area (TPSA) is 95.9 Å². The molecule has 3 N–H and O–H groups in total. The summed E-state index contributed by atoms with van der Waals surface area (Å²) in [6, 6.07) is -0.639. The first-order chi connectivity index (χ1) is 32.0. The van der Waals surface area contributed by atoms with Crippen LogP contribution in [0.2, 0.25) is 0 Å². The minimum absolute atomic E-state index is 0.00917. The van der Waals surface area contributed by atoms with Crippen molar-refractivity contribution in [1.82, 2.24) is 5.32 Å². The SMILES string of the molecule is CCCC/C=C\CCCCCCCC(=O)OCCCCCCCCCCC/C=C\CCCCCCCC(=O)NC(CO)C(O)/C=C/CCCCCCCCCCCCCCCCCCC. The van der Waals surface area contributed by atoms with Gasteiger partial charge in [0.25, 0.3) is 0 Å². The molecule has 0 aromatic carbocycles. The summed E-state index contributed by atoms with van der Waals surface area (Å²) in [5.41, 5.74) is 0. The highest BCUT2D eigenvalue weighted by Crippen LogP contribution is 2.16. The number of ether oxygens (including phenoxy) is 1. The summed E-state index contributed by atoms with van der Waals surface area (Å²) < 4.78 is 5.45. The maximum Gasteiger partial charge on any atom is 0.305 e. The van der Waals surface area contributed by atoms with E-state index in [1.54, 1.807) is 6.08 Å². The van der Waals surface area contributed by atoms with Gasteiger partial charge >= 0.3 is 5.97 Å². The molecule has 0 heterocycles. The average Bonchev–Trinajstić information content (AvgIpc) is 3.31. The second-order valence-electron chi connectivity index (χ2n) is 19.6. The van der Waals surface area contributed by atoms with Crippen LogP contribution in [0.5, 0.6) is 0 Å². The van der Waals surface area contributed by atoms with Crippen LogP contribution >= 0.6 is 0 Å². The van der Waals surface area contributed by atoms with Crippen molar-refractivity contribution in [1.29, 1.82) is 0 Å². The maximum atomic E-state index is 12.5. The van der Waals surface area contributed by atoms with E-state index in [4.69, 9.17) is 4.74 Å². The van der Waals surface area contributed by atoms with E-state index in [0.717, 1.165) is 64.2 Å². The van der Waals surface area contributed by atoms with Crippen LogP contribution in [0.4, 0.5) is 0 Å². The quantitative estimate of drug-likeness (QED) is 0.0321. The van der Waals surface area contributed by atoms with Crippen LogP contribution in [-0.4, -0.2) is 47.4 Å². The highest BCUT2D eigenvalue weighted by atomic mass is 16.5. The number of aliphatic hydroxyl groups excluding tert-OH is 2. The largest absolute Gasteiger partial charge is 0.466 e. The Morgan fingerprint density at radius 3 is 1.14 bits per heavy atom. The fraction of sp³-hybridized carbons (Fsp3) is 0.864. The van der Waals surface area contributed by atoms with Gasteiger partial charge in [-0.15, -0.1) is 0 Å². The molecular formula is C59H111NO5. The number of carbonyl (C=O) groups is 2. The second-order valence-corrected chi connectivity index (χ2v) is 19.6. The zero-order chi connectivity index (χ0) is 47.2. The molecule has 0 aliphatic rings. The van der Waals surface area contributed by atoms with Crippen LogP contribution in [0.1, 0.15) is 303 Å². The minimum Gasteiger partial charge on any atom is -0.466 e. The molecule has 0 bridgehead atoms. The van der Waals surface area contributed by atoms with E-state index < -0.39 is 12.1 Å². The summed E-state index contributed by atoms with van der Waals surface area (Å²) in [4.78, 5) is 24.4. The number of unbranched alkanes of at least 4 members (excludes halogenated alkanes) is 38. The number of hydrogen-bond donors (Lipinski definition) is 3. The van der Waals surface area contributed by atoms with Gasteiger partial charge in [-0.2, -0.15) is 0 Å². The molecular weight excluding hydrogens is 803 g/mol. The first-order valence-corrected chi connectivity index (χ1v) is 28.8. The van der Waals surface area contributed by atoms with Crippen molar-refractivity contribution >= 4 is 11.9 Å². The molecule has 0 radical (unpaired) electrons. The van der Waals surface area contributed by atoms with Gasteiger partial charge in [0, 0.05) is 12.8 Å². The molecule has 0 rings (SSSR count). The molecule has 6 heteroatoms. The molecule has 0 saturated heterocycles. The Labute approximate surface area is 404 Å². The molecule has 0 aliphatic heterocycles. The minimum atomic E-state index is -0.854. The fourth-order valence-electron chi connectivity index (χ4n) is 8.67. The Hall–Kier alpha value is -1.92. The smallest absolute Gasteiger partial charge is 0.305 e. The molecule has 2 unspecified atom stereocenters. The number of rotatable bonds is 53. The molecule has 382 valence electrons. The van der Waals surface area contributed by atoms with Crippen LogP contribution in [0.25, 0.3) is 0 Å². The molecule has 1 amide bonds. The summed E-state index contributed by atoms with van der Waals surface area (Å²) in [5, 5.41) is 23.1. The zero-order valence-electron chi connectivity index (χ0n) is 43.5. The molecule has 0 aromatic heterocycles. The lowest BCUT2D eigenvalue weighted by Gasteiger charge is -2.20. The summed E-state index contributed by atoms with van der Waals surface area (Å²) in [6.07, 6.45) is 67.3. The number of nitrogens with one attached hydrogen (secondary N) is 1. The van der Waals surface area contributed by atoms with E-state index in [0.29, 0.717) is 19.4 Å². The van der Waals surface area contributed by atoms with Gasteiger partial charge in [0.05, 0.1) is 25.4 Å². The van der Waals surface area contributed by atoms with Crippen LogP contribution < -0.4 is 5.32 Å². The molecule has 6 nitrogen and oxygen atoms in total. The van der Waals surface area contributed by atoms with Crippen LogP contribution in [-0.2, 0) is 14.3 Å². The lowest BCUT2D eigenvalue weighted by Crippen LogP contribution is -2.45. The molecule has 0 aromatic rings. The van der Waals surface area contributed by atoms with E-state index in [1.165, 1.54) is 212 Å². The van der Waals surface area contributed by atoms with E-state index in [9.17, 15) is 19.8 Å². The van der Waals surface area contributed by atoms with Gasteiger partial charge < -0.3 is 20.3 Å².